The molecule has 1 N–H and O–H groups in total. The van der Waals surface area contributed by atoms with Gasteiger partial charge in [0.15, 0.2) is 0 Å². The summed E-state index contributed by atoms with van der Waals surface area (Å²) in [7, 11) is 0. The Morgan fingerprint density at radius 2 is 2.15 bits per heavy atom. The average molecular weight is 319 g/mol. The first-order valence-electron chi connectivity index (χ1n) is 6.06. The van der Waals surface area contributed by atoms with E-state index < -0.39 is 5.97 Å². The summed E-state index contributed by atoms with van der Waals surface area (Å²) in [6.45, 7) is 5.73. The summed E-state index contributed by atoms with van der Waals surface area (Å²) in [5.41, 5.74) is 3.20. The van der Waals surface area contributed by atoms with Crippen molar-refractivity contribution in [3.8, 4) is 5.75 Å². The second-order valence-corrected chi connectivity index (χ2v) is 4.81. The largest absolute Gasteiger partial charge is 0.489 e. The molecule has 20 heavy (non-hydrogen) atoms. The van der Waals surface area contributed by atoms with Gasteiger partial charge in [-0.25, -0.2) is 4.79 Å². The second kappa shape index (κ2) is 7.97. The molecule has 0 atom stereocenters. The van der Waals surface area contributed by atoms with E-state index in [1.54, 1.807) is 25.1 Å². The minimum absolute atomic E-state index is 0.0302. The summed E-state index contributed by atoms with van der Waals surface area (Å²) in [4.78, 5) is 11.2. The number of ether oxygens (including phenoxy) is 2. The number of rotatable bonds is 6. The van der Waals surface area contributed by atoms with Crippen LogP contribution in [0.2, 0.25) is 5.02 Å². The van der Waals surface area contributed by atoms with Gasteiger partial charge in [0.2, 0.25) is 5.17 Å². The van der Waals surface area contributed by atoms with E-state index in [0.717, 1.165) is 0 Å². The topological polar surface area (TPSA) is 59.9 Å². The minimum Gasteiger partial charge on any atom is -0.489 e. The summed E-state index contributed by atoms with van der Waals surface area (Å²) in [5, 5.41) is 3.85. The van der Waals surface area contributed by atoms with Gasteiger partial charge >= 0.3 is 5.97 Å². The number of hydrogen-bond acceptors (Lipinski definition) is 5. The van der Waals surface area contributed by atoms with E-state index >= 15 is 0 Å². The van der Waals surface area contributed by atoms with Crippen molar-refractivity contribution in [2.45, 2.75) is 26.9 Å². The predicted molar refractivity (Wildman–Crippen MR) is 80.8 cm³/mol. The van der Waals surface area contributed by atoms with E-state index in [0.29, 0.717) is 16.5 Å². The number of esters is 1. The van der Waals surface area contributed by atoms with Crippen LogP contribution in [-0.2, 0) is 9.53 Å². The van der Waals surface area contributed by atoms with Crippen LogP contribution < -0.4 is 10.2 Å². The molecular weight excluding hydrogens is 303 g/mol. The third-order valence-electron chi connectivity index (χ3n) is 2.02. The Balaban J connectivity index is 2.72. The van der Waals surface area contributed by atoms with Crippen LogP contribution in [-0.4, -0.2) is 23.9 Å². The van der Waals surface area contributed by atoms with E-state index in [1.807, 2.05) is 13.8 Å². The smallest absolute Gasteiger partial charge is 0.370 e. The second-order valence-electron chi connectivity index (χ2n) is 4.05. The monoisotopic (exact) mass is 318 g/mol. The number of hydrogen-bond donors (Lipinski definition) is 1. The molecule has 1 aromatic rings. The van der Waals surface area contributed by atoms with Crippen LogP contribution in [0.15, 0.2) is 23.3 Å². The molecule has 0 fully saturated rings. The van der Waals surface area contributed by atoms with Gasteiger partial charge in [-0.3, -0.25) is 5.43 Å². The summed E-state index contributed by atoms with van der Waals surface area (Å²) >= 11 is 11.7. The van der Waals surface area contributed by atoms with Crippen molar-refractivity contribution in [1.29, 1.82) is 0 Å². The van der Waals surface area contributed by atoms with Gasteiger partial charge in [-0.2, -0.15) is 5.10 Å². The van der Waals surface area contributed by atoms with Crippen molar-refractivity contribution >= 4 is 40.0 Å². The van der Waals surface area contributed by atoms with E-state index in [2.05, 4.69) is 10.5 Å². The molecule has 1 rings (SSSR count). The van der Waals surface area contributed by atoms with Gasteiger partial charge in [-0.15, -0.1) is 0 Å². The number of benzene rings is 1. The number of anilines is 1. The number of halogens is 2. The maximum absolute atomic E-state index is 11.2. The quantitative estimate of drug-likeness (QED) is 0.494. The molecule has 0 aromatic heterocycles. The van der Waals surface area contributed by atoms with Crippen molar-refractivity contribution in [3.63, 3.8) is 0 Å². The van der Waals surface area contributed by atoms with Gasteiger partial charge in [-0.1, -0.05) is 23.2 Å². The van der Waals surface area contributed by atoms with Gasteiger partial charge in [0.25, 0.3) is 0 Å². The van der Waals surface area contributed by atoms with Crippen molar-refractivity contribution in [2.24, 2.45) is 5.10 Å². The van der Waals surface area contributed by atoms with Gasteiger partial charge in [0.05, 0.1) is 23.4 Å². The van der Waals surface area contributed by atoms with Gasteiger partial charge in [-0.05, 0) is 39.0 Å². The fourth-order valence-corrected chi connectivity index (χ4v) is 1.59. The highest BCUT2D eigenvalue weighted by molar-refractivity contribution is 6.82. The lowest BCUT2D eigenvalue weighted by Gasteiger charge is -2.12. The van der Waals surface area contributed by atoms with Crippen LogP contribution in [0.4, 0.5) is 5.69 Å². The third-order valence-corrected chi connectivity index (χ3v) is 2.56. The molecule has 0 amide bonds. The summed E-state index contributed by atoms with van der Waals surface area (Å²) in [5.74, 6) is -0.111. The summed E-state index contributed by atoms with van der Waals surface area (Å²) in [6, 6.07) is 5.04. The van der Waals surface area contributed by atoms with E-state index in [4.69, 9.17) is 32.7 Å². The van der Waals surface area contributed by atoms with E-state index in [-0.39, 0.29) is 17.9 Å². The van der Waals surface area contributed by atoms with Crippen LogP contribution in [0.3, 0.4) is 0 Å². The van der Waals surface area contributed by atoms with Crippen LogP contribution >= 0.6 is 23.2 Å². The molecule has 0 aliphatic carbocycles. The number of carbonyl (C=O) groups excluding carboxylic acids is 1. The van der Waals surface area contributed by atoms with Crippen LogP contribution in [0.25, 0.3) is 0 Å². The van der Waals surface area contributed by atoms with Gasteiger partial charge < -0.3 is 9.47 Å². The summed E-state index contributed by atoms with van der Waals surface area (Å²) < 4.78 is 10.2. The molecule has 110 valence electrons. The highest BCUT2D eigenvalue weighted by Crippen LogP contribution is 2.28. The molecule has 0 unspecified atom stereocenters. The zero-order valence-electron chi connectivity index (χ0n) is 11.4. The highest BCUT2D eigenvalue weighted by atomic mass is 35.5. The Bertz CT molecular complexity index is 504. The maximum atomic E-state index is 11.2. The molecule has 7 heteroatoms. The number of nitrogens with zero attached hydrogens (tertiary/aromatic N) is 1. The summed E-state index contributed by atoms with van der Waals surface area (Å²) in [6.07, 6.45) is 0.0302. The lowest BCUT2D eigenvalue weighted by molar-refractivity contribution is -0.134. The molecular formula is C13H16Cl2N2O3. The van der Waals surface area contributed by atoms with Crippen LogP contribution in [0.5, 0.6) is 5.75 Å². The van der Waals surface area contributed by atoms with Crippen molar-refractivity contribution in [2.75, 3.05) is 12.0 Å². The van der Waals surface area contributed by atoms with Crippen LogP contribution in [0, 0.1) is 0 Å². The van der Waals surface area contributed by atoms with Gasteiger partial charge in [0, 0.05) is 0 Å². The van der Waals surface area contributed by atoms with Crippen molar-refractivity contribution in [3.05, 3.63) is 23.2 Å². The van der Waals surface area contributed by atoms with Crippen molar-refractivity contribution in [1.82, 2.24) is 0 Å². The molecule has 0 saturated heterocycles. The first-order chi connectivity index (χ1) is 9.43. The molecule has 0 spiro atoms. The maximum Gasteiger partial charge on any atom is 0.370 e. The predicted octanol–water partition coefficient (Wildman–Crippen LogP) is 3.65. The zero-order valence-corrected chi connectivity index (χ0v) is 13.0. The standard InChI is InChI=1S/C13H16Cl2N2O3/c1-4-19-13(18)12(15)17-16-9-5-6-11(10(14)7-9)20-8(2)3/h5-8,16H,4H2,1-3H3/b17-12-. The van der Waals surface area contributed by atoms with E-state index in [1.165, 1.54) is 0 Å². The molecule has 0 saturated carbocycles. The molecule has 0 radical (unpaired) electrons. The Hall–Kier alpha value is -1.46. The SMILES string of the molecule is CCOC(=O)/C(Cl)=N/Nc1ccc(OC(C)C)c(Cl)c1. The van der Waals surface area contributed by atoms with Crippen molar-refractivity contribution < 1.29 is 14.3 Å². The molecule has 5 nitrogen and oxygen atoms in total. The average Bonchev–Trinajstić information content (AvgIpc) is 2.38. The first-order valence-corrected chi connectivity index (χ1v) is 6.82. The Morgan fingerprint density at radius 3 is 2.70 bits per heavy atom. The molecule has 0 aliphatic heterocycles. The van der Waals surface area contributed by atoms with Gasteiger partial charge in [0.1, 0.15) is 5.75 Å². The molecule has 1 aromatic carbocycles. The lowest BCUT2D eigenvalue weighted by Crippen LogP contribution is -2.13. The highest BCUT2D eigenvalue weighted by Gasteiger charge is 2.09. The Labute approximate surface area is 127 Å². The van der Waals surface area contributed by atoms with Crippen LogP contribution in [0.1, 0.15) is 20.8 Å². The number of hydrazone groups is 1. The number of nitrogens with one attached hydrogen (secondary N) is 1. The minimum atomic E-state index is -0.687. The zero-order chi connectivity index (χ0) is 15.1. The number of carbonyl (C=O) groups is 1. The third kappa shape index (κ3) is 5.27. The Kier molecular flexibility index (Phi) is 6.61. The molecule has 0 bridgehead atoms. The first kappa shape index (κ1) is 16.6. The lowest BCUT2D eigenvalue weighted by atomic mass is 10.3. The molecule has 0 aliphatic rings. The normalized spacial score (nSPS) is 11.4. The van der Waals surface area contributed by atoms with E-state index in [9.17, 15) is 4.79 Å². The fourth-order valence-electron chi connectivity index (χ4n) is 1.27. The Morgan fingerprint density at radius 1 is 1.45 bits per heavy atom. The fraction of sp³-hybridized carbons (Fsp3) is 0.385. The molecule has 0 heterocycles.